The van der Waals surface area contributed by atoms with Gasteiger partial charge in [-0.3, -0.25) is 9.59 Å². The highest BCUT2D eigenvalue weighted by atomic mass is 32.1. The van der Waals surface area contributed by atoms with Crippen molar-refractivity contribution in [2.75, 3.05) is 10.6 Å². The Labute approximate surface area is 121 Å². The summed E-state index contributed by atoms with van der Waals surface area (Å²) >= 11 is 1.52. The van der Waals surface area contributed by atoms with Gasteiger partial charge >= 0.3 is 0 Å². The van der Waals surface area contributed by atoms with Crippen LogP contribution in [0.1, 0.15) is 19.0 Å². The van der Waals surface area contributed by atoms with Gasteiger partial charge in [0, 0.05) is 30.1 Å². The number of benzene rings is 1. The maximum atomic E-state index is 11.8. The van der Waals surface area contributed by atoms with Crippen molar-refractivity contribution in [2.24, 2.45) is 0 Å². The summed E-state index contributed by atoms with van der Waals surface area (Å²) in [4.78, 5) is 26.9. The van der Waals surface area contributed by atoms with Crippen LogP contribution in [0.25, 0.3) is 0 Å². The van der Waals surface area contributed by atoms with Gasteiger partial charge in [-0.15, -0.1) is 11.3 Å². The summed E-state index contributed by atoms with van der Waals surface area (Å²) in [6.07, 6.45) is 1.01. The van der Waals surface area contributed by atoms with Crippen molar-refractivity contribution in [1.82, 2.24) is 4.98 Å². The van der Waals surface area contributed by atoms with Crippen LogP contribution in [0.15, 0.2) is 35.2 Å². The molecule has 1 aromatic heterocycles. The molecule has 0 aliphatic rings. The average molecular weight is 289 g/mol. The van der Waals surface area contributed by atoms with E-state index in [9.17, 15) is 9.59 Å². The van der Waals surface area contributed by atoms with Crippen LogP contribution in [0.3, 0.4) is 0 Å². The minimum atomic E-state index is -0.142. The number of hydrogen-bond acceptors (Lipinski definition) is 4. The fourth-order valence-electron chi connectivity index (χ4n) is 1.70. The van der Waals surface area contributed by atoms with Crippen LogP contribution in [0, 0.1) is 0 Å². The Kier molecular flexibility index (Phi) is 4.84. The normalized spacial score (nSPS) is 10.1. The highest BCUT2D eigenvalue weighted by Crippen LogP contribution is 2.15. The van der Waals surface area contributed by atoms with Gasteiger partial charge in [-0.05, 0) is 24.6 Å². The molecule has 0 aliphatic carbocycles. The molecule has 2 amide bonds. The van der Waals surface area contributed by atoms with Crippen molar-refractivity contribution in [3.8, 4) is 0 Å². The van der Waals surface area contributed by atoms with E-state index in [2.05, 4.69) is 15.6 Å². The van der Waals surface area contributed by atoms with Crippen LogP contribution in [-0.2, 0) is 16.0 Å². The Morgan fingerprint density at radius 3 is 2.65 bits per heavy atom. The molecule has 1 aromatic carbocycles. The zero-order valence-electron chi connectivity index (χ0n) is 11.1. The molecule has 6 heteroatoms. The monoisotopic (exact) mass is 289 g/mol. The van der Waals surface area contributed by atoms with Gasteiger partial charge in [-0.25, -0.2) is 4.98 Å². The number of carbonyl (C=O) groups excluding carboxylic acids is 2. The van der Waals surface area contributed by atoms with Crippen molar-refractivity contribution >= 4 is 34.5 Å². The van der Waals surface area contributed by atoms with Crippen LogP contribution in [-0.4, -0.2) is 16.8 Å². The van der Waals surface area contributed by atoms with Gasteiger partial charge in [0.05, 0.1) is 11.2 Å². The Balaban J connectivity index is 1.88. The molecule has 0 aliphatic heterocycles. The largest absolute Gasteiger partial charge is 0.326 e. The lowest BCUT2D eigenvalue weighted by Gasteiger charge is -2.07. The first-order chi connectivity index (χ1) is 9.63. The van der Waals surface area contributed by atoms with Crippen molar-refractivity contribution in [1.29, 1.82) is 0 Å². The van der Waals surface area contributed by atoms with Crippen LogP contribution >= 0.6 is 11.3 Å². The third kappa shape index (κ3) is 4.47. The first-order valence-electron chi connectivity index (χ1n) is 6.18. The lowest BCUT2D eigenvalue weighted by molar-refractivity contribution is -0.116. The number of nitrogens with zero attached hydrogens (tertiary/aromatic N) is 1. The number of aryl methyl sites for hydroxylation is 1. The van der Waals surface area contributed by atoms with E-state index in [-0.39, 0.29) is 11.8 Å². The van der Waals surface area contributed by atoms with E-state index >= 15 is 0 Å². The fraction of sp³-hybridized carbons (Fsp3) is 0.214. The van der Waals surface area contributed by atoms with E-state index in [1.807, 2.05) is 5.38 Å². The first-order valence-corrected chi connectivity index (χ1v) is 7.12. The molecule has 0 saturated heterocycles. The highest BCUT2D eigenvalue weighted by Gasteiger charge is 2.05. The summed E-state index contributed by atoms with van der Waals surface area (Å²) in [6.45, 7) is 1.44. The SMILES string of the molecule is CC(=O)Nc1cccc(NC(=O)CCc2cscn2)c1. The summed E-state index contributed by atoms with van der Waals surface area (Å²) in [7, 11) is 0. The van der Waals surface area contributed by atoms with Gasteiger partial charge in [0.15, 0.2) is 0 Å². The van der Waals surface area contributed by atoms with Crippen LogP contribution in [0.5, 0.6) is 0 Å². The molecule has 0 fully saturated rings. The highest BCUT2D eigenvalue weighted by molar-refractivity contribution is 7.07. The lowest BCUT2D eigenvalue weighted by Crippen LogP contribution is -2.13. The number of hydrogen-bond donors (Lipinski definition) is 2. The number of nitrogens with one attached hydrogen (secondary N) is 2. The number of anilines is 2. The lowest BCUT2D eigenvalue weighted by atomic mass is 10.2. The van der Waals surface area contributed by atoms with Gasteiger partial charge in [0.1, 0.15) is 0 Å². The van der Waals surface area contributed by atoms with E-state index in [4.69, 9.17) is 0 Å². The summed E-state index contributed by atoms with van der Waals surface area (Å²) in [5.74, 6) is -0.213. The Bertz CT molecular complexity index is 596. The molecule has 0 radical (unpaired) electrons. The molecule has 1 heterocycles. The van der Waals surface area contributed by atoms with Gasteiger partial charge < -0.3 is 10.6 Å². The average Bonchev–Trinajstić information content (AvgIpc) is 2.89. The van der Waals surface area contributed by atoms with E-state index in [0.717, 1.165) is 5.69 Å². The minimum Gasteiger partial charge on any atom is -0.326 e. The molecule has 0 unspecified atom stereocenters. The molecule has 20 heavy (non-hydrogen) atoms. The molecule has 5 nitrogen and oxygen atoms in total. The zero-order valence-corrected chi connectivity index (χ0v) is 11.9. The van der Waals surface area contributed by atoms with Gasteiger partial charge in [0.2, 0.25) is 11.8 Å². The molecule has 0 atom stereocenters. The smallest absolute Gasteiger partial charge is 0.224 e. The molecule has 2 rings (SSSR count). The molecule has 0 bridgehead atoms. The number of carbonyl (C=O) groups is 2. The van der Waals surface area contributed by atoms with Gasteiger partial charge in [-0.1, -0.05) is 6.07 Å². The number of aromatic nitrogens is 1. The molecule has 0 saturated carbocycles. The van der Waals surface area contributed by atoms with E-state index in [1.165, 1.54) is 18.3 Å². The van der Waals surface area contributed by atoms with Crippen molar-refractivity contribution in [3.63, 3.8) is 0 Å². The predicted molar refractivity (Wildman–Crippen MR) is 79.8 cm³/mol. The van der Waals surface area contributed by atoms with E-state index in [0.29, 0.717) is 24.2 Å². The quantitative estimate of drug-likeness (QED) is 0.889. The summed E-state index contributed by atoms with van der Waals surface area (Å²) in [5.41, 5.74) is 4.01. The maximum Gasteiger partial charge on any atom is 0.224 e. The summed E-state index contributed by atoms with van der Waals surface area (Å²) in [6, 6.07) is 7.06. The van der Waals surface area contributed by atoms with E-state index in [1.54, 1.807) is 29.8 Å². The third-order valence-corrected chi connectivity index (χ3v) is 3.19. The Hall–Kier alpha value is -2.21. The molecule has 2 aromatic rings. The fourth-order valence-corrected chi connectivity index (χ4v) is 2.30. The van der Waals surface area contributed by atoms with Crippen LogP contribution < -0.4 is 10.6 Å². The first kappa shape index (κ1) is 14.2. The number of rotatable bonds is 5. The number of amides is 2. The van der Waals surface area contributed by atoms with Crippen LogP contribution in [0.2, 0.25) is 0 Å². The second kappa shape index (κ2) is 6.81. The molecular formula is C14H15N3O2S. The second-order valence-electron chi connectivity index (χ2n) is 4.29. The standard InChI is InChI=1S/C14H15N3O2S/c1-10(18)16-11-3-2-4-12(7-11)17-14(19)6-5-13-8-20-9-15-13/h2-4,7-9H,5-6H2,1H3,(H,16,18)(H,17,19). The van der Waals surface area contributed by atoms with Crippen molar-refractivity contribution < 1.29 is 9.59 Å². The van der Waals surface area contributed by atoms with Crippen LogP contribution in [0.4, 0.5) is 11.4 Å². The summed E-state index contributed by atoms with van der Waals surface area (Å²) in [5, 5.41) is 7.41. The minimum absolute atomic E-state index is 0.0713. The maximum absolute atomic E-state index is 11.8. The Morgan fingerprint density at radius 2 is 2.00 bits per heavy atom. The molecule has 0 spiro atoms. The zero-order chi connectivity index (χ0) is 14.4. The second-order valence-corrected chi connectivity index (χ2v) is 5.01. The predicted octanol–water partition coefficient (Wildman–Crippen LogP) is 2.67. The molecule has 2 N–H and O–H groups in total. The summed E-state index contributed by atoms with van der Waals surface area (Å²) < 4.78 is 0. The topological polar surface area (TPSA) is 71.1 Å². The van der Waals surface area contributed by atoms with Gasteiger partial charge in [0.25, 0.3) is 0 Å². The van der Waals surface area contributed by atoms with E-state index < -0.39 is 0 Å². The van der Waals surface area contributed by atoms with Crippen molar-refractivity contribution in [2.45, 2.75) is 19.8 Å². The molecular weight excluding hydrogens is 274 g/mol. The van der Waals surface area contributed by atoms with Crippen molar-refractivity contribution in [3.05, 3.63) is 40.8 Å². The third-order valence-electron chi connectivity index (χ3n) is 2.56. The Morgan fingerprint density at radius 1 is 1.25 bits per heavy atom. The number of thiazole rings is 1. The van der Waals surface area contributed by atoms with Gasteiger partial charge in [-0.2, -0.15) is 0 Å². The molecule has 104 valence electrons.